The van der Waals surface area contributed by atoms with Crippen molar-refractivity contribution in [3.05, 3.63) is 87.5 Å². The maximum Gasteiger partial charge on any atom is 0.270 e. The van der Waals surface area contributed by atoms with Crippen molar-refractivity contribution in [1.29, 1.82) is 0 Å². The number of nitrogens with zero attached hydrogens (tertiary/aromatic N) is 1. The van der Waals surface area contributed by atoms with E-state index in [0.717, 1.165) is 17.3 Å². The Hall–Kier alpha value is -3.40. The fraction of sp³-hybridized carbons (Fsp3) is 0.148. The summed E-state index contributed by atoms with van der Waals surface area (Å²) < 4.78 is 25.3. The van der Waals surface area contributed by atoms with Gasteiger partial charge in [0.05, 0.1) is 22.2 Å². The third kappa shape index (κ3) is 6.49. The van der Waals surface area contributed by atoms with E-state index in [1.165, 1.54) is 23.1 Å². The van der Waals surface area contributed by atoms with Crippen LogP contribution in [0.5, 0.6) is 11.5 Å². The third-order valence-electron chi connectivity index (χ3n) is 5.21. The van der Waals surface area contributed by atoms with Crippen LogP contribution in [0.4, 0.5) is 15.8 Å². The number of hydrogen-bond acceptors (Lipinski definition) is 6. The Morgan fingerprint density at radius 2 is 1.86 bits per heavy atom. The Morgan fingerprint density at radius 1 is 1.11 bits per heavy atom. The minimum Gasteiger partial charge on any atom is -0.490 e. The number of aryl methyl sites for hydroxylation is 1. The number of rotatable bonds is 8. The first-order valence-corrected chi connectivity index (χ1v) is 12.8. The Balaban J connectivity index is 1.48. The summed E-state index contributed by atoms with van der Waals surface area (Å²) >= 11 is 12.4. The summed E-state index contributed by atoms with van der Waals surface area (Å²) in [5, 5.41) is 2.69. The highest BCUT2D eigenvalue weighted by Gasteiger charge is 2.33. The van der Waals surface area contributed by atoms with Crippen LogP contribution in [0.1, 0.15) is 18.1 Å². The third-order valence-corrected chi connectivity index (χ3v) is 6.81. The first-order chi connectivity index (χ1) is 17.7. The van der Waals surface area contributed by atoms with Crippen molar-refractivity contribution in [3.8, 4) is 11.5 Å². The molecule has 0 unspecified atom stereocenters. The first-order valence-electron chi connectivity index (χ1n) is 11.2. The van der Waals surface area contributed by atoms with Gasteiger partial charge in [-0.1, -0.05) is 59.3 Å². The smallest absolute Gasteiger partial charge is 0.270 e. The topological polar surface area (TPSA) is 67.9 Å². The molecule has 3 aromatic rings. The van der Waals surface area contributed by atoms with E-state index in [2.05, 4.69) is 5.32 Å². The number of anilines is 2. The van der Waals surface area contributed by atoms with E-state index >= 15 is 0 Å². The van der Waals surface area contributed by atoms with Gasteiger partial charge in [0.2, 0.25) is 0 Å². The molecule has 0 radical (unpaired) electrons. The SMILES string of the molecule is CCOc1cc(/C=C2\SC(=S)N(c3ccc(F)c(Cl)c3)C2=O)ccc1OCC(=O)Nc1ccc(C)cc1. The lowest BCUT2D eigenvalue weighted by molar-refractivity contribution is -0.118. The molecule has 0 aromatic heterocycles. The second-order valence-corrected chi connectivity index (χ2v) is 10.0. The standard InChI is InChI=1S/C27H22ClFN2O4S2/c1-3-34-23-12-17(6-11-22(23)35-15-25(32)30-18-7-4-16(2)5-8-18)13-24-26(33)31(27(36)37-24)19-9-10-21(29)20(28)14-19/h4-14H,3,15H2,1-2H3,(H,30,32)/b24-13-. The van der Waals surface area contributed by atoms with E-state index in [-0.39, 0.29) is 23.4 Å². The van der Waals surface area contributed by atoms with Crippen molar-refractivity contribution < 1.29 is 23.5 Å². The molecule has 0 atom stereocenters. The molecular weight excluding hydrogens is 535 g/mol. The van der Waals surface area contributed by atoms with Crippen LogP contribution in [0.3, 0.4) is 0 Å². The molecule has 6 nitrogen and oxygen atoms in total. The average molecular weight is 557 g/mol. The summed E-state index contributed by atoms with van der Waals surface area (Å²) in [5.74, 6) is -0.403. The molecule has 37 heavy (non-hydrogen) atoms. The number of hydrogen-bond donors (Lipinski definition) is 1. The zero-order valence-corrected chi connectivity index (χ0v) is 22.3. The van der Waals surface area contributed by atoms with Crippen molar-refractivity contribution in [2.75, 3.05) is 23.4 Å². The predicted molar refractivity (Wildman–Crippen MR) is 150 cm³/mol. The van der Waals surface area contributed by atoms with Gasteiger partial charge in [-0.2, -0.15) is 0 Å². The van der Waals surface area contributed by atoms with Crippen LogP contribution in [0, 0.1) is 12.7 Å². The molecule has 0 saturated carbocycles. The molecule has 4 rings (SSSR count). The van der Waals surface area contributed by atoms with Crippen molar-refractivity contribution in [1.82, 2.24) is 0 Å². The average Bonchev–Trinajstić information content (AvgIpc) is 3.14. The summed E-state index contributed by atoms with van der Waals surface area (Å²) in [6.07, 6.45) is 1.68. The minimum atomic E-state index is -0.579. The molecule has 1 heterocycles. The van der Waals surface area contributed by atoms with Gasteiger partial charge in [-0.25, -0.2) is 4.39 Å². The fourth-order valence-corrected chi connectivity index (χ4v) is 4.92. The van der Waals surface area contributed by atoms with Gasteiger partial charge in [-0.15, -0.1) is 0 Å². The Kier molecular flexibility index (Phi) is 8.48. The van der Waals surface area contributed by atoms with E-state index in [0.29, 0.717) is 44.3 Å². The van der Waals surface area contributed by atoms with Crippen molar-refractivity contribution >= 4 is 69.2 Å². The summed E-state index contributed by atoms with van der Waals surface area (Å²) in [5.41, 5.74) is 2.84. The maximum absolute atomic E-state index is 13.6. The number of carbonyl (C=O) groups excluding carboxylic acids is 2. The second kappa shape index (κ2) is 11.8. The number of thioether (sulfide) groups is 1. The number of nitrogens with one attached hydrogen (secondary N) is 1. The Labute approximate surface area is 228 Å². The van der Waals surface area contributed by atoms with Gasteiger partial charge >= 0.3 is 0 Å². The minimum absolute atomic E-state index is 0.0972. The number of thiocarbonyl (C=S) groups is 1. The molecular formula is C27H22ClFN2O4S2. The van der Waals surface area contributed by atoms with Crippen LogP contribution in [0.2, 0.25) is 5.02 Å². The van der Waals surface area contributed by atoms with Gasteiger partial charge in [0.15, 0.2) is 22.4 Å². The number of benzene rings is 3. The van der Waals surface area contributed by atoms with Gasteiger partial charge in [-0.3, -0.25) is 14.5 Å². The van der Waals surface area contributed by atoms with Crippen LogP contribution in [0.25, 0.3) is 6.08 Å². The summed E-state index contributed by atoms with van der Waals surface area (Å²) in [6.45, 7) is 3.98. The number of ether oxygens (including phenoxy) is 2. The van der Waals surface area contributed by atoms with E-state index in [9.17, 15) is 14.0 Å². The summed E-state index contributed by atoms with van der Waals surface area (Å²) in [4.78, 5) is 27.1. The highest BCUT2D eigenvalue weighted by atomic mass is 35.5. The summed E-state index contributed by atoms with van der Waals surface area (Å²) in [6, 6.07) is 16.6. The lowest BCUT2D eigenvalue weighted by atomic mass is 10.1. The fourth-order valence-electron chi connectivity index (χ4n) is 3.45. The zero-order valence-electron chi connectivity index (χ0n) is 19.9. The molecule has 1 saturated heterocycles. The maximum atomic E-state index is 13.6. The highest BCUT2D eigenvalue weighted by Crippen LogP contribution is 2.38. The summed E-state index contributed by atoms with van der Waals surface area (Å²) in [7, 11) is 0. The van der Waals surface area contributed by atoms with Crippen LogP contribution in [0.15, 0.2) is 65.6 Å². The van der Waals surface area contributed by atoms with Gasteiger partial charge < -0.3 is 14.8 Å². The molecule has 1 aliphatic rings. The Morgan fingerprint density at radius 3 is 2.57 bits per heavy atom. The molecule has 0 bridgehead atoms. The second-order valence-electron chi connectivity index (χ2n) is 7.96. The van der Waals surface area contributed by atoms with E-state index in [1.807, 2.05) is 38.1 Å². The molecule has 1 fully saturated rings. The van der Waals surface area contributed by atoms with Crippen LogP contribution in [-0.2, 0) is 9.59 Å². The van der Waals surface area contributed by atoms with Crippen molar-refractivity contribution in [2.45, 2.75) is 13.8 Å². The molecule has 1 N–H and O–H groups in total. The molecule has 190 valence electrons. The molecule has 2 amide bonds. The van der Waals surface area contributed by atoms with Crippen molar-refractivity contribution in [2.24, 2.45) is 0 Å². The van der Waals surface area contributed by atoms with Gasteiger partial charge in [0.25, 0.3) is 11.8 Å². The van der Waals surface area contributed by atoms with Crippen molar-refractivity contribution in [3.63, 3.8) is 0 Å². The quantitative estimate of drug-likeness (QED) is 0.249. The lowest BCUT2D eigenvalue weighted by Gasteiger charge is -2.15. The molecule has 10 heteroatoms. The molecule has 0 spiro atoms. The largest absolute Gasteiger partial charge is 0.490 e. The molecule has 3 aromatic carbocycles. The van der Waals surface area contributed by atoms with Gasteiger partial charge in [-0.05, 0) is 68.0 Å². The number of carbonyl (C=O) groups is 2. The number of halogens is 2. The highest BCUT2D eigenvalue weighted by molar-refractivity contribution is 8.27. The number of amides is 2. The van der Waals surface area contributed by atoms with E-state index < -0.39 is 5.82 Å². The lowest BCUT2D eigenvalue weighted by Crippen LogP contribution is -2.27. The first kappa shape index (κ1) is 26.7. The Bertz CT molecular complexity index is 1400. The van der Waals surface area contributed by atoms with Gasteiger partial charge in [0, 0.05) is 5.69 Å². The van der Waals surface area contributed by atoms with Crippen LogP contribution < -0.4 is 19.7 Å². The normalized spacial score (nSPS) is 14.3. The molecule has 1 aliphatic heterocycles. The predicted octanol–water partition coefficient (Wildman–Crippen LogP) is 6.61. The van der Waals surface area contributed by atoms with Crippen LogP contribution in [-0.4, -0.2) is 29.3 Å². The van der Waals surface area contributed by atoms with Crippen LogP contribution >= 0.6 is 35.6 Å². The zero-order chi connectivity index (χ0) is 26.5. The van der Waals surface area contributed by atoms with E-state index in [4.69, 9.17) is 33.3 Å². The molecule has 0 aliphatic carbocycles. The van der Waals surface area contributed by atoms with E-state index in [1.54, 1.807) is 24.3 Å². The van der Waals surface area contributed by atoms with Gasteiger partial charge in [0.1, 0.15) is 5.82 Å². The monoisotopic (exact) mass is 556 g/mol.